The van der Waals surface area contributed by atoms with Crippen LogP contribution in [0.4, 0.5) is 5.69 Å². The molecule has 0 aliphatic carbocycles. The van der Waals surface area contributed by atoms with Crippen LogP contribution in [0.5, 0.6) is 0 Å². The maximum absolute atomic E-state index is 8.61. The van der Waals surface area contributed by atoms with Gasteiger partial charge in [0.05, 0.1) is 22.7 Å². The third kappa shape index (κ3) is 3.35. The molecule has 1 atom stereocenters. The van der Waals surface area contributed by atoms with Gasteiger partial charge in [0.2, 0.25) is 0 Å². The Morgan fingerprint density at radius 3 is 3.00 bits per heavy atom. The SMILES string of the molecule is CC(C#N)CNc1cc(I)ccc1Cl. The number of anilines is 1. The normalized spacial score (nSPS) is 11.9. The van der Waals surface area contributed by atoms with Crippen molar-refractivity contribution in [2.45, 2.75) is 6.92 Å². The molecule has 1 unspecified atom stereocenters. The Morgan fingerprint density at radius 2 is 2.36 bits per heavy atom. The Bertz CT molecular complexity index is 360. The highest BCUT2D eigenvalue weighted by atomic mass is 127. The Balaban J connectivity index is 2.67. The number of benzene rings is 1. The van der Waals surface area contributed by atoms with Gasteiger partial charge >= 0.3 is 0 Å². The van der Waals surface area contributed by atoms with Gasteiger partial charge in [-0.3, -0.25) is 0 Å². The first kappa shape index (κ1) is 11.6. The Morgan fingerprint density at radius 1 is 1.64 bits per heavy atom. The lowest BCUT2D eigenvalue weighted by molar-refractivity contribution is 0.786. The maximum Gasteiger partial charge on any atom is 0.0671 e. The van der Waals surface area contributed by atoms with Crippen molar-refractivity contribution in [3.63, 3.8) is 0 Å². The topological polar surface area (TPSA) is 35.8 Å². The molecule has 74 valence electrons. The zero-order valence-corrected chi connectivity index (χ0v) is 10.6. The van der Waals surface area contributed by atoms with Crippen LogP contribution in [0.25, 0.3) is 0 Å². The lowest BCUT2D eigenvalue weighted by Gasteiger charge is -2.09. The zero-order chi connectivity index (χ0) is 10.6. The largest absolute Gasteiger partial charge is 0.383 e. The lowest BCUT2D eigenvalue weighted by Crippen LogP contribution is -2.09. The molecule has 0 heterocycles. The van der Waals surface area contributed by atoms with Crippen molar-refractivity contribution in [3.05, 3.63) is 26.8 Å². The molecule has 0 spiro atoms. The minimum absolute atomic E-state index is 0.0102. The quantitative estimate of drug-likeness (QED) is 0.865. The van der Waals surface area contributed by atoms with E-state index in [-0.39, 0.29) is 5.92 Å². The summed E-state index contributed by atoms with van der Waals surface area (Å²) in [7, 11) is 0. The van der Waals surface area contributed by atoms with Gasteiger partial charge in [0, 0.05) is 10.1 Å². The third-order valence-electron chi connectivity index (χ3n) is 1.75. The highest BCUT2D eigenvalue weighted by Crippen LogP contribution is 2.23. The molecule has 1 aromatic rings. The van der Waals surface area contributed by atoms with Gasteiger partial charge in [-0.05, 0) is 47.7 Å². The Hall–Kier alpha value is -0.470. The van der Waals surface area contributed by atoms with Crippen molar-refractivity contribution in [3.8, 4) is 6.07 Å². The zero-order valence-electron chi connectivity index (χ0n) is 7.72. The van der Waals surface area contributed by atoms with Gasteiger partial charge in [-0.15, -0.1) is 0 Å². The summed E-state index contributed by atoms with van der Waals surface area (Å²) in [6, 6.07) is 7.92. The van der Waals surface area contributed by atoms with E-state index < -0.39 is 0 Å². The van der Waals surface area contributed by atoms with Crippen LogP contribution in [-0.2, 0) is 0 Å². The summed E-state index contributed by atoms with van der Waals surface area (Å²) >= 11 is 8.20. The standard InChI is InChI=1S/C10H10ClIN2/c1-7(5-13)6-14-10-4-8(12)2-3-9(10)11/h2-4,7,14H,6H2,1H3. The van der Waals surface area contributed by atoms with Crippen LogP contribution < -0.4 is 5.32 Å². The minimum Gasteiger partial charge on any atom is -0.383 e. The summed E-state index contributed by atoms with van der Waals surface area (Å²) < 4.78 is 1.12. The van der Waals surface area contributed by atoms with Crippen LogP contribution in [0, 0.1) is 20.8 Å². The van der Waals surface area contributed by atoms with Crippen molar-refractivity contribution in [1.82, 2.24) is 0 Å². The molecule has 14 heavy (non-hydrogen) atoms. The molecule has 0 saturated carbocycles. The van der Waals surface area contributed by atoms with Crippen LogP contribution in [0.3, 0.4) is 0 Å². The minimum atomic E-state index is -0.0102. The molecule has 0 amide bonds. The van der Waals surface area contributed by atoms with Gasteiger partial charge < -0.3 is 5.32 Å². The summed E-state index contributed by atoms with van der Waals surface area (Å²) in [5, 5.41) is 12.4. The van der Waals surface area contributed by atoms with Crippen molar-refractivity contribution in [2.24, 2.45) is 5.92 Å². The second kappa shape index (κ2) is 5.42. The summed E-state index contributed by atoms with van der Waals surface area (Å²) in [5.41, 5.74) is 0.890. The van der Waals surface area contributed by atoms with E-state index in [4.69, 9.17) is 16.9 Å². The van der Waals surface area contributed by atoms with Crippen molar-refractivity contribution in [2.75, 3.05) is 11.9 Å². The summed E-state index contributed by atoms with van der Waals surface area (Å²) in [5.74, 6) is -0.0102. The molecule has 0 fully saturated rings. The van der Waals surface area contributed by atoms with E-state index in [0.29, 0.717) is 11.6 Å². The highest BCUT2D eigenvalue weighted by molar-refractivity contribution is 14.1. The van der Waals surface area contributed by atoms with Gasteiger partial charge in [0.15, 0.2) is 0 Å². The van der Waals surface area contributed by atoms with Crippen LogP contribution >= 0.6 is 34.2 Å². The van der Waals surface area contributed by atoms with E-state index in [1.165, 1.54) is 0 Å². The molecule has 1 aromatic carbocycles. The van der Waals surface area contributed by atoms with E-state index in [1.807, 2.05) is 25.1 Å². The van der Waals surface area contributed by atoms with Crippen molar-refractivity contribution < 1.29 is 0 Å². The van der Waals surface area contributed by atoms with Gasteiger partial charge in [0.25, 0.3) is 0 Å². The number of rotatable bonds is 3. The van der Waals surface area contributed by atoms with E-state index >= 15 is 0 Å². The first-order valence-electron chi connectivity index (χ1n) is 4.22. The molecule has 1 rings (SSSR count). The molecule has 0 radical (unpaired) electrons. The van der Waals surface area contributed by atoms with Crippen LogP contribution in [0.1, 0.15) is 6.92 Å². The van der Waals surface area contributed by atoms with Gasteiger partial charge in [-0.1, -0.05) is 11.6 Å². The fraction of sp³-hybridized carbons (Fsp3) is 0.300. The first-order valence-corrected chi connectivity index (χ1v) is 5.67. The third-order valence-corrected chi connectivity index (χ3v) is 2.75. The fourth-order valence-electron chi connectivity index (χ4n) is 0.942. The lowest BCUT2D eigenvalue weighted by atomic mass is 10.2. The second-order valence-corrected chi connectivity index (χ2v) is 4.69. The first-order chi connectivity index (χ1) is 6.63. The smallest absolute Gasteiger partial charge is 0.0671 e. The number of nitrogens with zero attached hydrogens (tertiary/aromatic N) is 1. The van der Waals surface area contributed by atoms with Crippen LogP contribution in [0.15, 0.2) is 18.2 Å². The van der Waals surface area contributed by atoms with E-state index in [1.54, 1.807) is 0 Å². The molecule has 2 nitrogen and oxygen atoms in total. The molecular weight excluding hydrogens is 310 g/mol. The van der Waals surface area contributed by atoms with Crippen molar-refractivity contribution >= 4 is 39.9 Å². The molecule has 0 aromatic heterocycles. The summed E-state index contributed by atoms with van der Waals surface area (Å²) in [6.45, 7) is 2.49. The average molecular weight is 321 g/mol. The molecule has 0 bridgehead atoms. The Kier molecular flexibility index (Phi) is 4.49. The van der Waals surface area contributed by atoms with Crippen molar-refractivity contribution in [1.29, 1.82) is 5.26 Å². The predicted octanol–water partition coefficient (Wildman–Crippen LogP) is 3.52. The predicted molar refractivity (Wildman–Crippen MR) is 67.4 cm³/mol. The van der Waals surface area contributed by atoms with Gasteiger partial charge in [-0.2, -0.15) is 5.26 Å². The highest BCUT2D eigenvalue weighted by Gasteiger charge is 2.03. The van der Waals surface area contributed by atoms with E-state index in [9.17, 15) is 0 Å². The molecule has 0 aliphatic heterocycles. The maximum atomic E-state index is 8.61. The van der Waals surface area contributed by atoms with Crippen LogP contribution in [0.2, 0.25) is 5.02 Å². The number of nitrogens with one attached hydrogen (secondary N) is 1. The average Bonchev–Trinajstić information content (AvgIpc) is 2.19. The Labute approximate surface area is 102 Å². The van der Waals surface area contributed by atoms with E-state index in [0.717, 1.165) is 9.26 Å². The molecular formula is C10H10ClIN2. The molecule has 0 saturated heterocycles. The van der Waals surface area contributed by atoms with Crippen LogP contribution in [-0.4, -0.2) is 6.54 Å². The molecule has 4 heteroatoms. The number of halogens is 2. The monoisotopic (exact) mass is 320 g/mol. The molecule has 0 aliphatic rings. The summed E-state index contributed by atoms with van der Waals surface area (Å²) in [4.78, 5) is 0. The number of nitriles is 1. The van der Waals surface area contributed by atoms with Gasteiger partial charge in [-0.25, -0.2) is 0 Å². The second-order valence-electron chi connectivity index (χ2n) is 3.04. The summed E-state index contributed by atoms with van der Waals surface area (Å²) in [6.07, 6.45) is 0. The van der Waals surface area contributed by atoms with E-state index in [2.05, 4.69) is 34.0 Å². The number of hydrogen-bond acceptors (Lipinski definition) is 2. The fourth-order valence-corrected chi connectivity index (χ4v) is 1.62. The van der Waals surface area contributed by atoms with Gasteiger partial charge in [0.1, 0.15) is 0 Å². The number of hydrogen-bond donors (Lipinski definition) is 1. The molecule has 1 N–H and O–H groups in total.